The molecule has 1 heterocycles. The van der Waals surface area contributed by atoms with Gasteiger partial charge >= 0.3 is 0 Å². The Morgan fingerprint density at radius 2 is 1.73 bits per heavy atom. The number of nitro groups is 1. The van der Waals surface area contributed by atoms with Gasteiger partial charge in [-0.1, -0.05) is 20.8 Å². The van der Waals surface area contributed by atoms with Crippen LogP contribution in [0.1, 0.15) is 45.0 Å². The third-order valence-electron chi connectivity index (χ3n) is 5.39. The third-order valence-corrected chi connectivity index (χ3v) is 5.39. The second-order valence-electron chi connectivity index (χ2n) is 9.84. The number of carbonyl (C=O) groups is 1. The molecule has 1 saturated heterocycles. The van der Waals surface area contributed by atoms with Crippen LogP contribution in [-0.2, 0) is 0 Å². The van der Waals surface area contributed by atoms with Crippen molar-refractivity contribution >= 4 is 23.0 Å². The second kappa shape index (κ2) is 10.1. The molecule has 0 saturated carbocycles. The van der Waals surface area contributed by atoms with Crippen molar-refractivity contribution in [2.45, 2.75) is 40.7 Å². The summed E-state index contributed by atoms with van der Waals surface area (Å²) < 4.78 is 5.65. The minimum atomic E-state index is -0.358. The van der Waals surface area contributed by atoms with Gasteiger partial charge in [-0.2, -0.15) is 0 Å². The maximum absolute atomic E-state index is 12.9. The quantitative estimate of drug-likeness (QED) is 0.477. The molecule has 2 aromatic rings. The lowest BCUT2D eigenvalue weighted by Gasteiger charge is -2.36. The lowest BCUT2D eigenvalue weighted by Crippen LogP contribution is -2.48. The number of anilines is 2. The van der Waals surface area contributed by atoms with Crippen LogP contribution in [0.25, 0.3) is 0 Å². The van der Waals surface area contributed by atoms with Crippen LogP contribution in [0.5, 0.6) is 5.75 Å². The van der Waals surface area contributed by atoms with E-state index >= 15 is 0 Å². The summed E-state index contributed by atoms with van der Waals surface area (Å²) >= 11 is 0. The molecule has 0 aliphatic carbocycles. The highest BCUT2D eigenvalue weighted by molar-refractivity contribution is 5.94. The van der Waals surface area contributed by atoms with Crippen LogP contribution in [-0.4, -0.2) is 54.6 Å². The fraction of sp³-hybridized carbons (Fsp3) is 0.480. The number of nitro benzene ring substituents is 1. The molecule has 0 bridgehead atoms. The van der Waals surface area contributed by atoms with E-state index in [1.54, 1.807) is 24.3 Å². The van der Waals surface area contributed by atoms with Crippen molar-refractivity contribution in [3.8, 4) is 5.75 Å². The first-order chi connectivity index (χ1) is 15.5. The van der Waals surface area contributed by atoms with Gasteiger partial charge in [-0.25, -0.2) is 0 Å². The predicted octanol–water partition coefficient (Wildman–Crippen LogP) is 4.80. The average molecular weight is 455 g/mol. The van der Waals surface area contributed by atoms with Crippen LogP contribution < -0.4 is 15.0 Å². The van der Waals surface area contributed by atoms with E-state index in [2.05, 4.69) is 31.0 Å². The molecular weight excluding hydrogens is 420 g/mol. The smallest absolute Gasteiger partial charge is 0.292 e. The molecule has 33 heavy (non-hydrogen) atoms. The summed E-state index contributed by atoms with van der Waals surface area (Å²) in [4.78, 5) is 28.0. The number of nitrogens with zero attached hydrogens (tertiary/aromatic N) is 3. The van der Waals surface area contributed by atoms with E-state index in [0.717, 1.165) is 11.4 Å². The third kappa shape index (κ3) is 6.60. The highest BCUT2D eigenvalue weighted by atomic mass is 16.6. The van der Waals surface area contributed by atoms with Gasteiger partial charge in [0.2, 0.25) is 0 Å². The van der Waals surface area contributed by atoms with Crippen LogP contribution in [0.15, 0.2) is 42.5 Å². The average Bonchev–Trinajstić information content (AvgIpc) is 2.76. The zero-order valence-corrected chi connectivity index (χ0v) is 20.1. The van der Waals surface area contributed by atoms with Crippen molar-refractivity contribution in [3.63, 3.8) is 0 Å². The van der Waals surface area contributed by atoms with Crippen molar-refractivity contribution in [2.24, 2.45) is 5.41 Å². The summed E-state index contributed by atoms with van der Waals surface area (Å²) in [6.07, 6.45) is 0.0863. The Hall–Kier alpha value is -3.29. The molecule has 0 atom stereocenters. The Labute approximate surface area is 195 Å². The molecule has 1 aliphatic rings. The van der Waals surface area contributed by atoms with E-state index in [-0.39, 0.29) is 28.0 Å². The summed E-state index contributed by atoms with van der Waals surface area (Å²) in [5.41, 5.74) is 2.15. The number of hydrogen-bond donors (Lipinski definition) is 1. The zero-order chi connectivity index (χ0) is 24.2. The number of benzene rings is 2. The number of carbonyl (C=O) groups excluding carboxylic acids is 1. The molecule has 0 spiro atoms. The summed E-state index contributed by atoms with van der Waals surface area (Å²) in [5, 5.41) is 14.7. The van der Waals surface area contributed by atoms with Gasteiger partial charge in [-0.05, 0) is 55.7 Å². The molecule has 2 aromatic carbocycles. The number of rotatable bonds is 7. The summed E-state index contributed by atoms with van der Waals surface area (Å²) in [5.74, 6) is 0.752. The van der Waals surface area contributed by atoms with Gasteiger partial charge in [0.25, 0.3) is 11.6 Å². The molecule has 0 aromatic heterocycles. The molecule has 1 aliphatic heterocycles. The van der Waals surface area contributed by atoms with Crippen LogP contribution in [0, 0.1) is 15.5 Å². The van der Waals surface area contributed by atoms with Crippen molar-refractivity contribution in [3.05, 3.63) is 58.1 Å². The van der Waals surface area contributed by atoms with Gasteiger partial charge in [0, 0.05) is 50.0 Å². The Kier molecular flexibility index (Phi) is 7.46. The fourth-order valence-electron chi connectivity index (χ4n) is 3.68. The molecule has 0 unspecified atom stereocenters. The van der Waals surface area contributed by atoms with Crippen molar-refractivity contribution in [1.82, 2.24) is 4.90 Å². The Morgan fingerprint density at radius 3 is 2.27 bits per heavy atom. The lowest BCUT2D eigenvalue weighted by atomic mass is 9.97. The zero-order valence-electron chi connectivity index (χ0n) is 20.1. The Morgan fingerprint density at radius 1 is 1.09 bits per heavy atom. The molecule has 0 radical (unpaired) electrons. The number of amides is 1. The summed E-state index contributed by atoms with van der Waals surface area (Å²) in [6, 6.07) is 12.4. The maximum Gasteiger partial charge on any atom is 0.292 e. The monoisotopic (exact) mass is 454 g/mol. The predicted molar refractivity (Wildman–Crippen MR) is 131 cm³/mol. The first kappa shape index (κ1) is 24.4. The molecular formula is C25H34N4O4. The van der Waals surface area contributed by atoms with Crippen LogP contribution >= 0.6 is 0 Å². The van der Waals surface area contributed by atoms with Crippen molar-refractivity contribution in [1.29, 1.82) is 0 Å². The van der Waals surface area contributed by atoms with Gasteiger partial charge < -0.3 is 19.9 Å². The number of hydrogen-bond acceptors (Lipinski definition) is 6. The SMILES string of the molecule is CC(C)Oc1ccc(C(=O)N2CCN(c3ccc([N+](=O)[O-])c(NCC(C)(C)C)c3)CC2)cc1. The minimum absolute atomic E-state index is 0.00183. The van der Waals surface area contributed by atoms with Gasteiger partial charge in [0.05, 0.1) is 11.0 Å². The summed E-state index contributed by atoms with van der Waals surface area (Å²) in [6.45, 7) is 13.3. The van der Waals surface area contributed by atoms with Crippen LogP contribution in [0.4, 0.5) is 17.1 Å². The highest BCUT2D eigenvalue weighted by Gasteiger charge is 2.24. The van der Waals surface area contributed by atoms with E-state index in [0.29, 0.717) is 44.0 Å². The molecule has 8 nitrogen and oxygen atoms in total. The van der Waals surface area contributed by atoms with E-state index in [1.807, 2.05) is 36.9 Å². The van der Waals surface area contributed by atoms with Gasteiger partial charge in [0.1, 0.15) is 11.4 Å². The number of nitrogens with one attached hydrogen (secondary N) is 1. The molecule has 1 N–H and O–H groups in total. The normalized spacial score (nSPS) is 14.4. The standard InChI is InChI=1S/C25H34N4O4/c1-18(2)33-21-9-6-19(7-10-21)24(30)28-14-12-27(13-15-28)20-8-11-23(29(31)32)22(16-20)26-17-25(3,4)5/h6-11,16,18,26H,12-15,17H2,1-5H3. The van der Waals surface area contributed by atoms with Crippen molar-refractivity contribution in [2.75, 3.05) is 42.9 Å². The van der Waals surface area contributed by atoms with Crippen molar-refractivity contribution < 1.29 is 14.5 Å². The second-order valence-corrected chi connectivity index (χ2v) is 9.84. The first-order valence-corrected chi connectivity index (χ1v) is 11.4. The summed E-state index contributed by atoms with van der Waals surface area (Å²) in [7, 11) is 0. The molecule has 178 valence electrons. The van der Waals surface area contributed by atoms with E-state index in [1.165, 1.54) is 0 Å². The molecule has 1 fully saturated rings. The maximum atomic E-state index is 12.9. The minimum Gasteiger partial charge on any atom is -0.491 e. The highest BCUT2D eigenvalue weighted by Crippen LogP contribution is 2.31. The van der Waals surface area contributed by atoms with Crippen LogP contribution in [0.2, 0.25) is 0 Å². The van der Waals surface area contributed by atoms with Gasteiger partial charge in [-0.15, -0.1) is 0 Å². The van der Waals surface area contributed by atoms with E-state index in [4.69, 9.17) is 4.74 Å². The topological polar surface area (TPSA) is 88.0 Å². The molecule has 8 heteroatoms. The largest absolute Gasteiger partial charge is 0.491 e. The van der Waals surface area contributed by atoms with E-state index < -0.39 is 0 Å². The van der Waals surface area contributed by atoms with Gasteiger partial charge in [-0.3, -0.25) is 14.9 Å². The molecule has 1 amide bonds. The lowest BCUT2D eigenvalue weighted by molar-refractivity contribution is -0.384. The fourth-order valence-corrected chi connectivity index (χ4v) is 3.68. The Bertz CT molecular complexity index is 975. The number of piperazine rings is 1. The Balaban J connectivity index is 1.65. The van der Waals surface area contributed by atoms with E-state index in [9.17, 15) is 14.9 Å². The van der Waals surface area contributed by atoms with Crippen LogP contribution in [0.3, 0.4) is 0 Å². The number of ether oxygens (including phenoxy) is 1. The van der Waals surface area contributed by atoms with Gasteiger partial charge in [0.15, 0.2) is 0 Å². The first-order valence-electron chi connectivity index (χ1n) is 11.4. The molecule has 3 rings (SSSR count).